The molecule has 0 saturated heterocycles. The molecule has 4 nitrogen and oxygen atoms in total. The Kier molecular flexibility index (Phi) is 4.60. The zero-order chi connectivity index (χ0) is 13.5. The number of likely N-dealkylation sites (N-methyl/N-ethyl adjacent to an activating group) is 1. The van der Waals surface area contributed by atoms with E-state index in [1.165, 1.54) is 0 Å². The Morgan fingerprint density at radius 1 is 1.16 bits per heavy atom. The van der Waals surface area contributed by atoms with E-state index in [4.69, 9.17) is 5.26 Å². The Bertz CT molecular complexity index is 560. The quantitative estimate of drug-likeness (QED) is 0.817. The molecule has 0 N–H and O–H groups in total. The first kappa shape index (κ1) is 13.2. The van der Waals surface area contributed by atoms with Gasteiger partial charge in [0.05, 0.1) is 0 Å². The molecule has 0 fully saturated rings. The van der Waals surface area contributed by atoms with E-state index in [0.29, 0.717) is 5.69 Å². The normalized spacial score (nSPS) is 10.4. The van der Waals surface area contributed by atoms with Gasteiger partial charge in [-0.05, 0) is 25.2 Å². The van der Waals surface area contributed by atoms with E-state index in [1.54, 1.807) is 6.20 Å². The van der Waals surface area contributed by atoms with Gasteiger partial charge < -0.3 is 4.90 Å². The molecule has 0 unspecified atom stereocenters. The van der Waals surface area contributed by atoms with Gasteiger partial charge in [-0.1, -0.05) is 12.1 Å². The summed E-state index contributed by atoms with van der Waals surface area (Å²) in [5.41, 5.74) is 2.56. The van der Waals surface area contributed by atoms with Crippen molar-refractivity contribution in [1.29, 1.82) is 5.26 Å². The average Bonchev–Trinajstić information content (AvgIpc) is 2.47. The fourth-order valence-electron chi connectivity index (χ4n) is 1.89. The van der Waals surface area contributed by atoms with Gasteiger partial charge in [0, 0.05) is 43.2 Å². The van der Waals surface area contributed by atoms with Gasteiger partial charge >= 0.3 is 0 Å². The molecule has 0 radical (unpaired) electrons. The molecule has 96 valence electrons. The van der Waals surface area contributed by atoms with Crippen molar-refractivity contribution in [3.8, 4) is 6.07 Å². The van der Waals surface area contributed by atoms with Crippen LogP contribution in [-0.2, 0) is 13.0 Å². The van der Waals surface area contributed by atoms with Crippen LogP contribution in [0.1, 0.15) is 17.0 Å². The summed E-state index contributed by atoms with van der Waals surface area (Å²) in [5.74, 6) is 0. The molecule has 0 amide bonds. The standard InChI is InChI=1S/C15H16N4/c1-19(10-7-14-6-2-3-8-17-14)12-13-5-4-9-18-15(13)11-16/h2-6,8-9H,7,10,12H2,1H3. The second-order valence-electron chi connectivity index (χ2n) is 4.43. The fourth-order valence-corrected chi connectivity index (χ4v) is 1.89. The summed E-state index contributed by atoms with van der Waals surface area (Å²) in [6.07, 6.45) is 4.36. The van der Waals surface area contributed by atoms with Gasteiger partial charge in [0.2, 0.25) is 0 Å². The minimum Gasteiger partial charge on any atom is -0.302 e. The first-order valence-corrected chi connectivity index (χ1v) is 6.22. The summed E-state index contributed by atoms with van der Waals surface area (Å²) in [4.78, 5) is 10.5. The number of aromatic nitrogens is 2. The summed E-state index contributed by atoms with van der Waals surface area (Å²) in [5, 5.41) is 9.00. The minimum atomic E-state index is 0.507. The molecule has 0 aliphatic rings. The van der Waals surface area contributed by atoms with Crippen LogP contribution in [0.25, 0.3) is 0 Å². The smallest absolute Gasteiger partial charge is 0.144 e. The van der Waals surface area contributed by atoms with E-state index in [2.05, 4.69) is 20.9 Å². The van der Waals surface area contributed by atoms with Crippen molar-refractivity contribution in [2.75, 3.05) is 13.6 Å². The molecular formula is C15H16N4. The van der Waals surface area contributed by atoms with Crippen LogP contribution >= 0.6 is 0 Å². The van der Waals surface area contributed by atoms with E-state index in [9.17, 15) is 0 Å². The molecule has 0 spiro atoms. The van der Waals surface area contributed by atoms with E-state index >= 15 is 0 Å². The lowest BCUT2D eigenvalue weighted by atomic mass is 10.2. The average molecular weight is 252 g/mol. The van der Waals surface area contributed by atoms with Crippen LogP contribution in [0, 0.1) is 11.3 Å². The zero-order valence-electron chi connectivity index (χ0n) is 11.0. The number of rotatable bonds is 5. The van der Waals surface area contributed by atoms with Crippen LogP contribution in [0.5, 0.6) is 0 Å². The van der Waals surface area contributed by atoms with Crippen LogP contribution in [0.15, 0.2) is 42.7 Å². The van der Waals surface area contributed by atoms with Gasteiger partial charge in [-0.3, -0.25) is 4.98 Å². The molecule has 0 atom stereocenters. The Balaban J connectivity index is 1.91. The maximum absolute atomic E-state index is 9.00. The second kappa shape index (κ2) is 6.62. The fraction of sp³-hybridized carbons (Fsp3) is 0.267. The monoisotopic (exact) mass is 252 g/mol. The van der Waals surface area contributed by atoms with Crippen molar-refractivity contribution in [2.45, 2.75) is 13.0 Å². The molecular weight excluding hydrogens is 236 g/mol. The third kappa shape index (κ3) is 3.87. The van der Waals surface area contributed by atoms with E-state index in [-0.39, 0.29) is 0 Å². The Labute approximate surface area is 113 Å². The lowest BCUT2D eigenvalue weighted by Crippen LogP contribution is -2.21. The van der Waals surface area contributed by atoms with Crippen LogP contribution in [-0.4, -0.2) is 28.5 Å². The maximum atomic E-state index is 9.00. The Morgan fingerprint density at radius 2 is 2.00 bits per heavy atom. The third-order valence-corrected chi connectivity index (χ3v) is 2.91. The SMILES string of the molecule is CN(CCc1ccccn1)Cc1cccnc1C#N. The maximum Gasteiger partial charge on any atom is 0.144 e. The number of hydrogen-bond acceptors (Lipinski definition) is 4. The molecule has 2 heterocycles. The van der Waals surface area contributed by atoms with Crippen LogP contribution in [0.4, 0.5) is 0 Å². The van der Waals surface area contributed by atoms with Crippen molar-refractivity contribution < 1.29 is 0 Å². The number of hydrogen-bond donors (Lipinski definition) is 0. The topological polar surface area (TPSA) is 52.8 Å². The summed E-state index contributed by atoms with van der Waals surface area (Å²) in [6.45, 7) is 1.63. The molecule has 0 bridgehead atoms. The van der Waals surface area contributed by atoms with E-state index in [1.807, 2.05) is 43.6 Å². The van der Waals surface area contributed by atoms with Gasteiger partial charge in [0.15, 0.2) is 0 Å². The first-order valence-electron chi connectivity index (χ1n) is 6.22. The van der Waals surface area contributed by atoms with Gasteiger partial charge in [-0.25, -0.2) is 4.98 Å². The Hall–Kier alpha value is -2.25. The Morgan fingerprint density at radius 3 is 2.74 bits per heavy atom. The highest BCUT2D eigenvalue weighted by molar-refractivity contribution is 5.30. The van der Waals surface area contributed by atoms with Gasteiger partial charge in [-0.2, -0.15) is 5.26 Å². The van der Waals surface area contributed by atoms with Crippen molar-refractivity contribution in [3.05, 3.63) is 59.7 Å². The molecule has 2 aromatic rings. The molecule has 0 aliphatic carbocycles. The molecule has 2 rings (SSSR count). The van der Waals surface area contributed by atoms with Gasteiger partial charge in [0.1, 0.15) is 11.8 Å². The highest BCUT2D eigenvalue weighted by atomic mass is 15.1. The lowest BCUT2D eigenvalue weighted by molar-refractivity contribution is 0.329. The number of nitriles is 1. The highest BCUT2D eigenvalue weighted by Gasteiger charge is 2.06. The molecule has 0 aromatic carbocycles. The third-order valence-electron chi connectivity index (χ3n) is 2.91. The molecule has 0 aliphatic heterocycles. The second-order valence-corrected chi connectivity index (χ2v) is 4.43. The lowest BCUT2D eigenvalue weighted by Gasteiger charge is -2.16. The van der Waals surface area contributed by atoms with Gasteiger partial charge in [-0.15, -0.1) is 0 Å². The molecule has 0 saturated carbocycles. The minimum absolute atomic E-state index is 0.507. The number of nitrogens with zero attached hydrogens (tertiary/aromatic N) is 4. The van der Waals surface area contributed by atoms with Crippen LogP contribution in [0.3, 0.4) is 0 Å². The first-order chi connectivity index (χ1) is 9.29. The van der Waals surface area contributed by atoms with Crippen molar-refractivity contribution >= 4 is 0 Å². The largest absolute Gasteiger partial charge is 0.302 e. The van der Waals surface area contributed by atoms with Gasteiger partial charge in [0.25, 0.3) is 0 Å². The predicted octanol–water partition coefficient (Wildman–Crippen LogP) is 2.02. The summed E-state index contributed by atoms with van der Waals surface area (Å²) < 4.78 is 0. The highest BCUT2D eigenvalue weighted by Crippen LogP contribution is 2.07. The van der Waals surface area contributed by atoms with Crippen molar-refractivity contribution in [3.63, 3.8) is 0 Å². The summed E-state index contributed by atoms with van der Waals surface area (Å²) >= 11 is 0. The summed E-state index contributed by atoms with van der Waals surface area (Å²) in [6, 6.07) is 11.9. The number of pyridine rings is 2. The molecule has 4 heteroatoms. The van der Waals surface area contributed by atoms with E-state index in [0.717, 1.165) is 30.8 Å². The predicted molar refractivity (Wildman–Crippen MR) is 73.2 cm³/mol. The van der Waals surface area contributed by atoms with Crippen molar-refractivity contribution in [2.24, 2.45) is 0 Å². The zero-order valence-corrected chi connectivity index (χ0v) is 11.0. The van der Waals surface area contributed by atoms with Crippen molar-refractivity contribution in [1.82, 2.24) is 14.9 Å². The summed E-state index contributed by atoms with van der Waals surface area (Å²) in [7, 11) is 2.04. The van der Waals surface area contributed by atoms with Crippen LogP contribution in [0.2, 0.25) is 0 Å². The van der Waals surface area contributed by atoms with E-state index < -0.39 is 0 Å². The molecule has 2 aromatic heterocycles. The van der Waals surface area contributed by atoms with Crippen LogP contribution < -0.4 is 0 Å². The molecule has 19 heavy (non-hydrogen) atoms.